The van der Waals surface area contributed by atoms with Crippen LogP contribution in [0, 0.1) is 30.9 Å². The normalized spacial score (nSPS) is 10.6. The van der Waals surface area contributed by atoms with Crippen LogP contribution in [-0.4, -0.2) is 9.91 Å². The van der Waals surface area contributed by atoms with Gasteiger partial charge in [0.05, 0.1) is 15.6 Å². The number of hydrogen-bond acceptors (Lipinski definition) is 4. The zero-order valence-corrected chi connectivity index (χ0v) is 11.4. The van der Waals surface area contributed by atoms with Gasteiger partial charge in [-0.2, -0.15) is 0 Å². The average molecular weight is 262 g/mol. The van der Waals surface area contributed by atoms with Crippen molar-refractivity contribution in [2.45, 2.75) is 27.2 Å². The highest BCUT2D eigenvalue weighted by molar-refractivity contribution is 7.09. The molecule has 1 aromatic carbocycles. The summed E-state index contributed by atoms with van der Waals surface area (Å²) >= 11 is 1.62. The van der Waals surface area contributed by atoms with Gasteiger partial charge >= 0.3 is 0 Å². The topological polar surface area (TPSA) is 56.0 Å². The Bertz CT molecular complexity index is 605. The van der Waals surface area contributed by atoms with E-state index in [0.29, 0.717) is 5.56 Å². The molecule has 0 unspecified atom stereocenters. The molecule has 0 N–H and O–H groups in total. The fourth-order valence-electron chi connectivity index (χ4n) is 1.93. The minimum atomic E-state index is -0.334. The van der Waals surface area contributed by atoms with E-state index >= 15 is 0 Å². The summed E-state index contributed by atoms with van der Waals surface area (Å²) in [4.78, 5) is 14.9. The highest BCUT2D eigenvalue weighted by atomic mass is 32.1. The Kier molecular flexibility index (Phi) is 3.43. The molecule has 5 heteroatoms. The summed E-state index contributed by atoms with van der Waals surface area (Å²) in [5.74, 6) is 0. The summed E-state index contributed by atoms with van der Waals surface area (Å²) in [7, 11) is 0. The Labute approximate surface area is 109 Å². The van der Waals surface area contributed by atoms with Crippen molar-refractivity contribution in [2.24, 2.45) is 0 Å². The molecule has 0 aliphatic heterocycles. The van der Waals surface area contributed by atoms with Gasteiger partial charge in [-0.05, 0) is 38.0 Å². The maximum absolute atomic E-state index is 10.8. The van der Waals surface area contributed by atoms with Crippen molar-refractivity contribution in [3.05, 3.63) is 55.0 Å². The van der Waals surface area contributed by atoms with E-state index < -0.39 is 0 Å². The van der Waals surface area contributed by atoms with Gasteiger partial charge in [0.15, 0.2) is 0 Å². The minimum absolute atomic E-state index is 0.186. The molecule has 2 aromatic rings. The number of benzene rings is 1. The van der Waals surface area contributed by atoms with Gasteiger partial charge in [-0.3, -0.25) is 10.1 Å². The lowest BCUT2D eigenvalue weighted by atomic mass is 10.0. The van der Waals surface area contributed by atoms with Crippen molar-refractivity contribution in [3.63, 3.8) is 0 Å². The first kappa shape index (κ1) is 12.7. The van der Waals surface area contributed by atoms with E-state index in [1.807, 2.05) is 25.3 Å². The fourth-order valence-corrected chi connectivity index (χ4v) is 2.55. The number of rotatable bonds is 3. The third-order valence-corrected chi connectivity index (χ3v) is 3.71. The number of aryl methyl sites for hydroxylation is 3. The molecule has 94 valence electrons. The molecule has 0 saturated carbocycles. The number of thiazole rings is 1. The highest BCUT2D eigenvalue weighted by Gasteiger charge is 2.13. The first-order valence-corrected chi connectivity index (χ1v) is 6.51. The Morgan fingerprint density at radius 2 is 2.00 bits per heavy atom. The average Bonchev–Trinajstić information content (AvgIpc) is 2.68. The maximum atomic E-state index is 10.8. The molecule has 0 radical (unpaired) electrons. The zero-order chi connectivity index (χ0) is 13.3. The SMILES string of the molecule is Cc1nc(Cc2cc(C)c([N+](=O)[O-])cc2C)cs1. The number of nitro groups is 1. The van der Waals surface area contributed by atoms with Crippen LogP contribution in [0.1, 0.15) is 27.4 Å². The minimum Gasteiger partial charge on any atom is -0.258 e. The molecule has 4 nitrogen and oxygen atoms in total. The van der Waals surface area contributed by atoms with Crippen molar-refractivity contribution in [1.29, 1.82) is 0 Å². The number of nitrogens with zero attached hydrogens (tertiary/aromatic N) is 2. The predicted octanol–water partition coefficient (Wildman–Crippen LogP) is 3.57. The molecular formula is C13H14N2O2S. The van der Waals surface area contributed by atoms with E-state index in [-0.39, 0.29) is 10.6 Å². The quantitative estimate of drug-likeness (QED) is 0.627. The molecule has 0 amide bonds. The molecule has 0 aliphatic rings. The van der Waals surface area contributed by atoms with Crippen molar-refractivity contribution in [2.75, 3.05) is 0 Å². The molecule has 18 heavy (non-hydrogen) atoms. The van der Waals surface area contributed by atoms with Crippen LogP contribution in [0.25, 0.3) is 0 Å². The lowest BCUT2D eigenvalue weighted by Crippen LogP contribution is -1.98. The van der Waals surface area contributed by atoms with Crippen LogP contribution in [0.2, 0.25) is 0 Å². The van der Waals surface area contributed by atoms with E-state index in [9.17, 15) is 10.1 Å². The van der Waals surface area contributed by atoms with Gasteiger partial charge in [0.1, 0.15) is 0 Å². The summed E-state index contributed by atoms with van der Waals surface area (Å²) in [6.45, 7) is 5.65. The molecule has 1 heterocycles. The van der Waals surface area contributed by atoms with E-state index in [2.05, 4.69) is 4.98 Å². The standard InChI is InChI=1S/C13H14N2O2S/c1-8-5-13(15(16)17)9(2)4-11(8)6-12-7-18-10(3)14-12/h4-5,7H,6H2,1-3H3. The van der Waals surface area contributed by atoms with Crippen LogP contribution in [0.15, 0.2) is 17.5 Å². The molecule has 0 fully saturated rings. The molecule has 1 aromatic heterocycles. The van der Waals surface area contributed by atoms with Crippen LogP contribution in [-0.2, 0) is 6.42 Å². The van der Waals surface area contributed by atoms with Crippen molar-refractivity contribution >= 4 is 17.0 Å². The van der Waals surface area contributed by atoms with E-state index in [1.54, 1.807) is 24.3 Å². The van der Waals surface area contributed by atoms with Crippen molar-refractivity contribution < 1.29 is 4.92 Å². The van der Waals surface area contributed by atoms with E-state index in [1.165, 1.54) is 0 Å². The second-order valence-electron chi connectivity index (χ2n) is 4.36. The third kappa shape index (κ3) is 2.56. The smallest absolute Gasteiger partial charge is 0.258 e. The highest BCUT2D eigenvalue weighted by Crippen LogP contribution is 2.24. The maximum Gasteiger partial charge on any atom is 0.272 e. The van der Waals surface area contributed by atoms with Crippen LogP contribution >= 0.6 is 11.3 Å². The number of nitro benzene ring substituents is 1. The van der Waals surface area contributed by atoms with Gasteiger partial charge in [-0.15, -0.1) is 11.3 Å². The molecule has 0 bridgehead atoms. The third-order valence-electron chi connectivity index (χ3n) is 2.89. The van der Waals surface area contributed by atoms with Gasteiger partial charge < -0.3 is 0 Å². The van der Waals surface area contributed by atoms with E-state index in [0.717, 1.165) is 28.2 Å². The van der Waals surface area contributed by atoms with Crippen LogP contribution in [0.4, 0.5) is 5.69 Å². The summed E-state index contributed by atoms with van der Waals surface area (Å²) in [6, 6.07) is 3.53. The van der Waals surface area contributed by atoms with Crippen LogP contribution < -0.4 is 0 Å². The summed E-state index contributed by atoms with van der Waals surface area (Å²) < 4.78 is 0. The molecule has 0 saturated heterocycles. The van der Waals surface area contributed by atoms with Crippen LogP contribution in [0.3, 0.4) is 0 Å². The van der Waals surface area contributed by atoms with Crippen molar-refractivity contribution in [3.8, 4) is 0 Å². The van der Waals surface area contributed by atoms with Gasteiger partial charge in [-0.25, -0.2) is 4.98 Å². The van der Waals surface area contributed by atoms with Gasteiger partial charge in [-0.1, -0.05) is 0 Å². The zero-order valence-electron chi connectivity index (χ0n) is 10.6. The Morgan fingerprint density at radius 3 is 2.56 bits per heavy atom. The Morgan fingerprint density at radius 1 is 1.28 bits per heavy atom. The van der Waals surface area contributed by atoms with E-state index in [4.69, 9.17) is 0 Å². The van der Waals surface area contributed by atoms with Crippen LogP contribution in [0.5, 0.6) is 0 Å². The summed E-state index contributed by atoms with van der Waals surface area (Å²) in [5.41, 5.74) is 3.95. The molecule has 0 spiro atoms. The monoisotopic (exact) mass is 262 g/mol. The lowest BCUT2D eigenvalue weighted by Gasteiger charge is -2.06. The second-order valence-corrected chi connectivity index (χ2v) is 5.42. The fraction of sp³-hybridized carbons (Fsp3) is 0.308. The molecule has 0 aliphatic carbocycles. The molecular weight excluding hydrogens is 248 g/mol. The predicted molar refractivity (Wildman–Crippen MR) is 72.2 cm³/mol. The lowest BCUT2D eigenvalue weighted by molar-refractivity contribution is -0.385. The first-order chi connectivity index (χ1) is 8.47. The molecule has 0 atom stereocenters. The van der Waals surface area contributed by atoms with Gasteiger partial charge in [0.2, 0.25) is 0 Å². The largest absolute Gasteiger partial charge is 0.272 e. The van der Waals surface area contributed by atoms with Gasteiger partial charge in [0.25, 0.3) is 5.69 Å². The number of hydrogen-bond donors (Lipinski definition) is 0. The summed E-state index contributed by atoms with van der Waals surface area (Å²) in [6.07, 6.45) is 0.731. The molecule has 2 rings (SSSR count). The van der Waals surface area contributed by atoms with Crippen molar-refractivity contribution in [1.82, 2.24) is 4.98 Å². The Balaban J connectivity index is 2.35. The summed E-state index contributed by atoms with van der Waals surface area (Å²) in [5, 5.41) is 13.9. The van der Waals surface area contributed by atoms with Gasteiger partial charge in [0, 0.05) is 23.4 Å². The number of aromatic nitrogens is 1. The second kappa shape index (κ2) is 4.86. The Hall–Kier alpha value is -1.75. The first-order valence-electron chi connectivity index (χ1n) is 5.63.